The Hall–Kier alpha value is -1.85. The minimum absolute atomic E-state index is 0.169. The van der Waals surface area contributed by atoms with Crippen molar-refractivity contribution in [3.05, 3.63) is 18.0 Å². The number of aryl methyl sites for hydroxylation is 1. The molecule has 0 aromatic carbocycles. The van der Waals surface area contributed by atoms with E-state index in [2.05, 4.69) is 15.2 Å². The summed E-state index contributed by atoms with van der Waals surface area (Å²) in [6.45, 7) is 0.264. The molecular formula is C9H13N3O3. The van der Waals surface area contributed by atoms with E-state index in [1.165, 1.54) is 18.0 Å². The van der Waals surface area contributed by atoms with Crippen LogP contribution in [-0.4, -0.2) is 35.3 Å². The maximum absolute atomic E-state index is 11.4. The fourth-order valence-corrected chi connectivity index (χ4v) is 1.02. The zero-order valence-corrected chi connectivity index (χ0v) is 8.69. The SMILES string of the molecule is COC(=O)CCNC(=O)c1cnn(C)c1. The smallest absolute Gasteiger partial charge is 0.307 e. The van der Waals surface area contributed by atoms with Crippen LogP contribution in [0.3, 0.4) is 0 Å². The van der Waals surface area contributed by atoms with Gasteiger partial charge in [0.2, 0.25) is 0 Å². The Balaban J connectivity index is 2.34. The highest BCUT2D eigenvalue weighted by Gasteiger charge is 2.07. The van der Waals surface area contributed by atoms with Crippen LogP contribution in [0.2, 0.25) is 0 Å². The van der Waals surface area contributed by atoms with Crippen LogP contribution in [0.1, 0.15) is 16.8 Å². The van der Waals surface area contributed by atoms with Gasteiger partial charge in [0.25, 0.3) is 5.91 Å². The predicted octanol–water partition coefficient (Wildman–Crippen LogP) is -0.287. The molecule has 0 aliphatic carbocycles. The molecule has 0 bridgehead atoms. The highest BCUT2D eigenvalue weighted by Crippen LogP contribution is 1.95. The molecule has 1 amide bonds. The third kappa shape index (κ3) is 3.41. The van der Waals surface area contributed by atoms with Crippen molar-refractivity contribution in [2.24, 2.45) is 7.05 Å². The Morgan fingerprint density at radius 1 is 1.60 bits per heavy atom. The highest BCUT2D eigenvalue weighted by atomic mass is 16.5. The van der Waals surface area contributed by atoms with Gasteiger partial charge in [-0.25, -0.2) is 0 Å². The average Bonchev–Trinajstić information content (AvgIpc) is 2.64. The number of esters is 1. The van der Waals surface area contributed by atoms with E-state index in [1.807, 2.05) is 0 Å². The van der Waals surface area contributed by atoms with Crippen LogP contribution >= 0.6 is 0 Å². The van der Waals surface area contributed by atoms with E-state index in [9.17, 15) is 9.59 Å². The second-order valence-corrected chi connectivity index (χ2v) is 2.98. The van der Waals surface area contributed by atoms with Gasteiger partial charge >= 0.3 is 5.97 Å². The third-order valence-electron chi connectivity index (χ3n) is 1.81. The summed E-state index contributed by atoms with van der Waals surface area (Å²) < 4.78 is 5.97. The molecular weight excluding hydrogens is 198 g/mol. The lowest BCUT2D eigenvalue weighted by atomic mass is 10.3. The maximum atomic E-state index is 11.4. The molecule has 0 atom stereocenters. The molecule has 15 heavy (non-hydrogen) atoms. The molecule has 6 nitrogen and oxygen atoms in total. The molecule has 0 saturated carbocycles. The molecule has 1 N–H and O–H groups in total. The van der Waals surface area contributed by atoms with Crippen molar-refractivity contribution in [3.63, 3.8) is 0 Å². The van der Waals surface area contributed by atoms with Gasteiger partial charge in [0.1, 0.15) is 0 Å². The van der Waals surface area contributed by atoms with Gasteiger partial charge < -0.3 is 10.1 Å². The summed E-state index contributed by atoms with van der Waals surface area (Å²) in [6.07, 6.45) is 3.24. The molecule has 0 saturated heterocycles. The first-order valence-corrected chi connectivity index (χ1v) is 4.47. The standard InChI is InChI=1S/C9H13N3O3/c1-12-6-7(5-11-12)9(14)10-4-3-8(13)15-2/h5-6H,3-4H2,1-2H3,(H,10,14). The Labute approximate surface area is 87.2 Å². The van der Waals surface area contributed by atoms with Crippen LogP contribution in [0.25, 0.3) is 0 Å². The molecule has 1 heterocycles. The van der Waals surface area contributed by atoms with E-state index in [4.69, 9.17) is 0 Å². The number of aromatic nitrogens is 2. The molecule has 0 unspecified atom stereocenters. The van der Waals surface area contributed by atoms with Crippen molar-refractivity contribution in [1.82, 2.24) is 15.1 Å². The van der Waals surface area contributed by atoms with E-state index < -0.39 is 0 Å². The van der Waals surface area contributed by atoms with Gasteiger partial charge in [0.05, 0.1) is 25.3 Å². The monoisotopic (exact) mass is 211 g/mol. The predicted molar refractivity (Wildman–Crippen MR) is 52.2 cm³/mol. The fourth-order valence-electron chi connectivity index (χ4n) is 1.02. The second kappa shape index (κ2) is 5.14. The maximum Gasteiger partial charge on any atom is 0.307 e. The fraction of sp³-hybridized carbons (Fsp3) is 0.444. The van der Waals surface area contributed by atoms with Crippen molar-refractivity contribution in [1.29, 1.82) is 0 Å². The van der Waals surface area contributed by atoms with Gasteiger partial charge in [-0.3, -0.25) is 14.3 Å². The number of methoxy groups -OCH3 is 1. The summed E-state index contributed by atoms with van der Waals surface area (Å²) in [5.41, 5.74) is 0.474. The lowest BCUT2D eigenvalue weighted by Gasteiger charge is -2.01. The minimum atomic E-state index is -0.346. The molecule has 0 radical (unpaired) electrons. The topological polar surface area (TPSA) is 73.2 Å². The summed E-state index contributed by atoms with van der Waals surface area (Å²) in [5, 5.41) is 6.45. The lowest BCUT2D eigenvalue weighted by molar-refractivity contribution is -0.140. The summed E-state index contributed by atoms with van der Waals surface area (Å²) in [5.74, 6) is -0.589. The van der Waals surface area contributed by atoms with Crippen LogP contribution in [0.15, 0.2) is 12.4 Å². The highest BCUT2D eigenvalue weighted by molar-refractivity contribution is 5.93. The summed E-state index contributed by atoms with van der Waals surface area (Å²) in [6, 6.07) is 0. The first-order valence-electron chi connectivity index (χ1n) is 4.47. The Kier molecular flexibility index (Phi) is 3.84. The number of ether oxygens (including phenoxy) is 1. The van der Waals surface area contributed by atoms with Gasteiger partial charge in [0, 0.05) is 19.8 Å². The zero-order chi connectivity index (χ0) is 11.3. The number of amides is 1. The number of carbonyl (C=O) groups is 2. The summed E-state index contributed by atoms with van der Waals surface area (Å²) in [4.78, 5) is 22.2. The minimum Gasteiger partial charge on any atom is -0.469 e. The van der Waals surface area contributed by atoms with Gasteiger partial charge in [-0.05, 0) is 0 Å². The Morgan fingerprint density at radius 2 is 2.33 bits per heavy atom. The number of nitrogens with zero attached hydrogens (tertiary/aromatic N) is 2. The number of nitrogens with one attached hydrogen (secondary N) is 1. The molecule has 0 fully saturated rings. The molecule has 1 aromatic rings. The first kappa shape index (κ1) is 11.2. The van der Waals surface area contributed by atoms with Crippen molar-refractivity contribution in [2.45, 2.75) is 6.42 Å². The largest absolute Gasteiger partial charge is 0.469 e. The van der Waals surface area contributed by atoms with Crippen LogP contribution in [-0.2, 0) is 16.6 Å². The Bertz CT molecular complexity index is 359. The average molecular weight is 211 g/mol. The van der Waals surface area contributed by atoms with Crippen LogP contribution in [0.4, 0.5) is 0 Å². The van der Waals surface area contributed by atoms with Crippen LogP contribution in [0, 0.1) is 0 Å². The van der Waals surface area contributed by atoms with E-state index >= 15 is 0 Å². The van der Waals surface area contributed by atoms with Crippen LogP contribution in [0.5, 0.6) is 0 Å². The lowest BCUT2D eigenvalue weighted by Crippen LogP contribution is -2.26. The molecule has 1 aromatic heterocycles. The van der Waals surface area contributed by atoms with E-state index in [0.717, 1.165) is 0 Å². The zero-order valence-electron chi connectivity index (χ0n) is 8.69. The number of hydrogen-bond donors (Lipinski definition) is 1. The molecule has 0 spiro atoms. The van der Waals surface area contributed by atoms with Crippen molar-refractivity contribution >= 4 is 11.9 Å². The van der Waals surface area contributed by atoms with Gasteiger partial charge in [0.15, 0.2) is 0 Å². The quantitative estimate of drug-likeness (QED) is 0.695. The molecule has 82 valence electrons. The molecule has 1 rings (SSSR count). The molecule has 0 aliphatic rings. The normalized spacial score (nSPS) is 9.73. The van der Waals surface area contributed by atoms with Crippen molar-refractivity contribution < 1.29 is 14.3 Å². The Morgan fingerprint density at radius 3 is 2.87 bits per heavy atom. The van der Waals surface area contributed by atoms with Gasteiger partial charge in [-0.2, -0.15) is 5.10 Å². The van der Waals surface area contributed by atoms with E-state index in [0.29, 0.717) is 5.56 Å². The number of carbonyl (C=O) groups excluding carboxylic acids is 2. The third-order valence-corrected chi connectivity index (χ3v) is 1.81. The van der Waals surface area contributed by atoms with Crippen LogP contribution < -0.4 is 5.32 Å². The number of hydrogen-bond acceptors (Lipinski definition) is 4. The van der Waals surface area contributed by atoms with E-state index in [1.54, 1.807) is 13.2 Å². The number of rotatable bonds is 4. The van der Waals surface area contributed by atoms with Crippen molar-refractivity contribution in [2.75, 3.05) is 13.7 Å². The summed E-state index contributed by atoms with van der Waals surface area (Å²) in [7, 11) is 3.04. The first-order chi connectivity index (χ1) is 7.13. The van der Waals surface area contributed by atoms with E-state index in [-0.39, 0.29) is 24.8 Å². The van der Waals surface area contributed by atoms with Gasteiger partial charge in [-0.15, -0.1) is 0 Å². The second-order valence-electron chi connectivity index (χ2n) is 2.98. The van der Waals surface area contributed by atoms with Crippen molar-refractivity contribution in [3.8, 4) is 0 Å². The summed E-state index contributed by atoms with van der Waals surface area (Å²) >= 11 is 0. The molecule has 6 heteroatoms. The molecule has 0 aliphatic heterocycles. The van der Waals surface area contributed by atoms with Gasteiger partial charge in [-0.1, -0.05) is 0 Å².